The van der Waals surface area contributed by atoms with Crippen LogP contribution >= 0.6 is 12.4 Å². The van der Waals surface area contributed by atoms with E-state index in [9.17, 15) is 4.79 Å². The van der Waals surface area contributed by atoms with Gasteiger partial charge in [0.05, 0.1) is 5.92 Å². The zero-order valence-electron chi connectivity index (χ0n) is 7.86. The molecule has 1 amide bonds. The maximum Gasteiger partial charge on any atom is 0.231 e. The van der Waals surface area contributed by atoms with Gasteiger partial charge in [-0.25, -0.2) is 0 Å². The summed E-state index contributed by atoms with van der Waals surface area (Å²) in [5, 5.41) is 9.86. The molecular weight excluding hydrogens is 204 g/mol. The van der Waals surface area contributed by atoms with Crippen LogP contribution in [0.4, 0.5) is 5.82 Å². The van der Waals surface area contributed by atoms with E-state index in [0.717, 1.165) is 13.1 Å². The molecule has 0 spiro atoms. The van der Waals surface area contributed by atoms with Crippen LogP contribution in [0, 0.1) is 5.92 Å². The van der Waals surface area contributed by atoms with Crippen molar-refractivity contribution in [3.05, 3.63) is 12.3 Å². The molecule has 1 aliphatic heterocycles. The summed E-state index contributed by atoms with van der Waals surface area (Å²) in [7, 11) is 1.82. The minimum atomic E-state index is 0. The van der Waals surface area contributed by atoms with E-state index < -0.39 is 0 Å². The molecule has 1 fully saturated rings. The van der Waals surface area contributed by atoms with Crippen LogP contribution in [0.15, 0.2) is 12.3 Å². The molecule has 78 valence electrons. The third-order valence-electron chi connectivity index (χ3n) is 2.12. The fraction of sp³-hybridized carbons (Fsp3) is 0.500. The molecule has 1 saturated heterocycles. The summed E-state index contributed by atoms with van der Waals surface area (Å²) in [5.41, 5.74) is 0. The van der Waals surface area contributed by atoms with Crippen LogP contribution in [-0.2, 0) is 11.8 Å². The number of rotatable bonds is 2. The van der Waals surface area contributed by atoms with Crippen LogP contribution in [0.2, 0.25) is 0 Å². The van der Waals surface area contributed by atoms with Gasteiger partial charge in [0.15, 0.2) is 5.82 Å². The molecular formula is C8H13ClN4O. The number of aryl methyl sites for hydroxylation is 1. The lowest BCUT2D eigenvalue weighted by molar-refractivity contribution is -0.121. The highest BCUT2D eigenvalue weighted by Gasteiger charge is 2.24. The van der Waals surface area contributed by atoms with Crippen molar-refractivity contribution in [3.8, 4) is 0 Å². The Morgan fingerprint density at radius 1 is 1.71 bits per heavy atom. The van der Waals surface area contributed by atoms with Gasteiger partial charge >= 0.3 is 0 Å². The number of carbonyl (C=O) groups is 1. The van der Waals surface area contributed by atoms with E-state index in [1.807, 2.05) is 7.05 Å². The summed E-state index contributed by atoms with van der Waals surface area (Å²) in [5.74, 6) is 0.791. The van der Waals surface area contributed by atoms with Crippen molar-refractivity contribution in [3.63, 3.8) is 0 Å². The first-order valence-corrected chi connectivity index (χ1v) is 4.27. The molecule has 1 aliphatic rings. The lowest BCUT2D eigenvalue weighted by Crippen LogP contribution is -2.48. The van der Waals surface area contributed by atoms with Gasteiger partial charge in [-0.05, 0) is 0 Å². The molecule has 0 radical (unpaired) electrons. The van der Waals surface area contributed by atoms with E-state index in [1.54, 1.807) is 16.9 Å². The first-order valence-electron chi connectivity index (χ1n) is 4.27. The largest absolute Gasteiger partial charge is 0.315 e. The average molecular weight is 217 g/mol. The molecule has 2 rings (SSSR count). The maximum atomic E-state index is 11.4. The van der Waals surface area contributed by atoms with Crippen molar-refractivity contribution < 1.29 is 4.79 Å². The lowest BCUT2D eigenvalue weighted by atomic mass is 10.0. The Labute approximate surface area is 88.3 Å². The number of amides is 1. The second-order valence-electron chi connectivity index (χ2n) is 3.22. The normalized spacial score (nSPS) is 15.5. The van der Waals surface area contributed by atoms with Crippen molar-refractivity contribution in [1.82, 2.24) is 15.1 Å². The third-order valence-corrected chi connectivity index (χ3v) is 2.12. The summed E-state index contributed by atoms with van der Waals surface area (Å²) in [6, 6.07) is 1.78. The fourth-order valence-corrected chi connectivity index (χ4v) is 1.18. The highest BCUT2D eigenvalue weighted by atomic mass is 35.5. The first-order chi connectivity index (χ1) is 6.25. The van der Waals surface area contributed by atoms with Gasteiger partial charge in [0, 0.05) is 32.4 Å². The summed E-state index contributed by atoms with van der Waals surface area (Å²) in [6.07, 6.45) is 1.80. The molecule has 0 aromatic carbocycles. The van der Waals surface area contributed by atoms with E-state index in [0.29, 0.717) is 5.82 Å². The predicted octanol–water partition coefficient (Wildman–Crippen LogP) is -0.000200. The number of hydrogen-bond acceptors (Lipinski definition) is 3. The molecule has 0 unspecified atom stereocenters. The van der Waals surface area contributed by atoms with E-state index in [2.05, 4.69) is 15.7 Å². The molecule has 1 aromatic rings. The lowest BCUT2D eigenvalue weighted by Gasteiger charge is -2.25. The number of anilines is 1. The van der Waals surface area contributed by atoms with Gasteiger partial charge in [0.25, 0.3) is 0 Å². The standard InChI is InChI=1S/C8H12N4O.ClH/c1-12-3-2-7(11-12)10-8(13)6-4-9-5-6;/h2-3,6,9H,4-5H2,1H3,(H,10,11,13);1H. The van der Waals surface area contributed by atoms with Crippen LogP contribution in [0.1, 0.15) is 0 Å². The van der Waals surface area contributed by atoms with Crippen LogP contribution in [-0.4, -0.2) is 28.8 Å². The van der Waals surface area contributed by atoms with Crippen molar-refractivity contribution in [1.29, 1.82) is 0 Å². The number of nitrogens with one attached hydrogen (secondary N) is 2. The van der Waals surface area contributed by atoms with Gasteiger partial charge in [-0.1, -0.05) is 0 Å². The first kappa shape index (κ1) is 11.0. The van der Waals surface area contributed by atoms with Crippen molar-refractivity contribution in [2.75, 3.05) is 18.4 Å². The van der Waals surface area contributed by atoms with Crippen LogP contribution < -0.4 is 10.6 Å². The quantitative estimate of drug-likeness (QED) is 0.732. The molecule has 5 nitrogen and oxygen atoms in total. The fourth-order valence-electron chi connectivity index (χ4n) is 1.18. The molecule has 2 N–H and O–H groups in total. The Morgan fingerprint density at radius 3 is 2.86 bits per heavy atom. The van der Waals surface area contributed by atoms with E-state index in [1.165, 1.54) is 0 Å². The zero-order valence-corrected chi connectivity index (χ0v) is 8.67. The van der Waals surface area contributed by atoms with Crippen molar-refractivity contribution in [2.45, 2.75) is 0 Å². The van der Waals surface area contributed by atoms with Crippen LogP contribution in [0.3, 0.4) is 0 Å². The zero-order chi connectivity index (χ0) is 9.26. The summed E-state index contributed by atoms with van der Waals surface area (Å²) < 4.78 is 1.66. The molecule has 6 heteroatoms. The Kier molecular flexibility index (Phi) is 3.49. The second-order valence-corrected chi connectivity index (χ2v) is 3.22. The van der Waals surface area contributed by atoms with Crippen molar-refractivity contribution in [2.24, 2.45) is 13.0 Å². The van der Waals surface area contributed by atoms with E-state index >= 15 is 0 Å². The third kappa shape index (κ3) is 2.24. The smallest absolute Gasteiger partial charge is 0.231 e. The Bertz CT molecular complexity index is 321. The minimum Gasteiger partial charge on any atom is -0.315 e. The van der Waals surface area contributed by atoms with Gasteiger partial charge in [-0.15, -0.1) is 12.4 Å². The minimum absolute atomic E-state index is 0. The highest BCUT2D eigenvalue weighted by molar-refractivity contribution is 5.92. The maximum absolute atomic E-state index is 11.4. The van der Waals surface area contributed by atoms with Gasteiger partial charge in [0.1, 0.15) is 0 Å². The monoisotopic (exact) mass is 216 g/mol. The Morgan fingerprint density at radius 2 is 2.43 bits per heavy atom. The van der Waals surface area contributed by atoms with Gasteiger partial charge in [-0.2, -0.15) is 5.10 Å². The molecule has 0 atom stereocenters. The Hall–Kier alpha value is -1.07. The molecule has 1 aromatic heterocycles. The molecule has 2 heterocycles. The van der Waals surface area contributed by atoms with E-state index in [4.69, 9.17) is 0 Å². The average Bonchev–Trinajstić information content (AvgIpc) is 2.31. The van der Waals surface area contributed by atoms with Gasteiger partial charge < -0.3 is 10.6 Å². The van der Waals surface area contributed by atoms with Gasteiger partial charge in [0.2, 0.25) is 5.91 Å². The number of carbonyl (C=O) groups excluding carboxylic acids is 1. The molecule has 0 bridgehead atoms. The molecule has 0 saturated carbocycles. The second kappa shape index (κ2) is 4.43. The summed E-state index contributed by atoms with van der Waals surface area (Å²) in [4.78, 5) is 11.4. The Balaban J connectivity index is 0.000000980. The van der Waals surface area contributed by atoms with E-state index in [-0.39, 0.29) is 24.2 Å². The predicted molar refractivity (Wildman–Crippen MR) is 55.4 cm³/mol. The topological polar surface area (TPSA) is 59.0 Å². The van der Waals surface area contributed by atoms with Crippen molar-refractivity contribution >= 4 is 24.1 Å². The van der Waals surface area contributed by atoms with Crippen LogP contribution in [0.5, 0.6) is 0 Å². The number of hydrogen-bond donors (Lipinski definition) is 2. The summed E-state index contributed by atoms with van der Waals surface area (Å²) >= 11 is 0. The highest BCUT2D eigenvalue weighted by Crippen LogP contribution is 2.07. The SMILES string of the molecule is Cl.Cn1ccc(NC(=O)C2CNC2)n1. The van der Waals surface area contributed by atoms with Crippen LogP contribution in [0.25, 0.3) is 0 Å². The molecule has 14 heavy (non-hydrogen) atoms. The number of halogens is 1. The number of nitrogens with zero attached hydrogens (tertiary/aromatic N) is 2. The summed E-state index contributed by atoms with van der Waals surface area (Å²) in [6.45, 7) is 1.55. The molecule has 0 aliphatic carbocycles. The number of aromatic nitrogens is 2. The van der Waals surface area contributed by atoms with Gasteiger partial charge in [-0.3, -0.25) is 9.48 Å².